The van der Waals surface area contributed by atoms with Crippen molar-refractivity contribution in [3.8, 4) is 5.75 Å². The molecule has 7 heteroatoms. The maximum atomic E-state index is 12.5. The van der Waals surface area contributed by atoms with Gasteiger partial charge in [0.25, 0.3) is 5.91 Å². The van der Waals surface area contributed by atoms with E-state index in [0.717, 1.165) is 17.7 Å². The van der Waals surface area contributed by atoms with E-state index in [9.17, 15) is 14.7 Å². The van der Waals surface area contributed by atoms with Crippen LogP contribution in [0.4, 0.5) is 0 Å². The van der Waals surface area contributed by atoms with E-state index in [4.69, 9.17) is 16.7 Å². The van der Waals surface area contributed by atoms with Crippen LogP contribution < -0.4 is 0 Å². The number of hydrogen-bond donors (Lipinski definition) is 2. The highest BCUT2D eigenvalue weighted by molar-refractivity contribution is 6.34. The number of aromatic hydroxyl groups is 1. The normalized spacial score (nSPS) is 16.6. The van der Waals surface area contributed by atoms with Gasteiger partial charge >= 0.3 is 5.97 Å². The van der Waals surface area contributed by atoms with Crippen molar-refractivity contribution >= 4 is 29.2 Å². The van der Waals surface area contributed by atoms with E-state index in [0.29, 0.717) is 28.3 Å². The van der Waals surface area contributed by atoms with Crippen molar-refractivity contribution in [2.75, 3.05) is 0 Å². The molecule has 0 aliphatic carbocycles. The summed E-state index contributed by atoms with van der Waals surface area (Å²) in [4.78, 5) is 23.3. The number of rotatable bonds is 4. The Bertz CT molecular complexity index is 968. The van der Waals surface area contributed by atoms with Crippen LogP contribution in [-0.4, -0.2) is 32.8 Å². The minimum atomic E-state index is -1.23. The number of aryl methyl sites for hydroxylation is 1. The number of phenols is 1. The SMILES string of the molecule is Cc1ccc(O)c(C2CC(c3ccccc3Cl)=NN2C(=O)C=CC(=O)O)c1. The first kappa shape index (κ1) is 18.7. The largest absolute Gasteiger partial charge is 0.508 e. The standard InChI is InChI=1S/C20H17ClN2O4/c1-12-6-7-18(24)14(10-12)17-11-16(13-4-2-3-5-15(13)21)22-23(17)19(25)8-9-20(26)27/h2-10,17,24H,11H2,1H3,(H,26,27). The molecule has 0 fully saturated rings. The van der Waals surface area contributed by atoms with Crippen LogP contribution in [0.3, 0.4) is 0 Å². The van der Waals surface area contributed by atoms with Gasteiger partial charge in [-0.1, -0.05) is 47.5 Å². The number of aliphatic carboxylic acids is 1. The molecule has 1 heterocycles. The summed E-state index contributed by atoms with van der Waals surface area (Å²) >= 11 is 6.26. The Hall–Kier alpha value is -3.12. The Morgan fingerprint density at radius 1 is 1.22 bits per heavy atom. The maximum Gasteiger partial charge on any atom is 0.328 e. The summed E-state index contributed by atoms with van der Waals surface area (Å²) in [7, 11) is 0. The highest BCUT2D eigenvalue weighted by Crippen LogP contribution is 2.38. The van der Waals surface area contributed by atoms with Gasteiger partial charge in [-0.2, -0.15) is 5.10 Å². The first-order chi connectivity index (χ1) is 12.9. The molecule has 2 aromatic rings. The van der Waals surface area contributed by atoms with Gasteiger partial charge in [0.2, 0.25) is 0 Å². The van der Waals surface area contributed by atoms with Crippen LogP contribution in [0.1, 0.15) is 29.2 Å². The summed E-state index contributed by atoms with van der Waals surface area (Å²) in [6.45, 7) is 1.88. The molecule has 0 radical (unpaired) electrons. The van der Waals surface area contributed by atoms with Gasteiger partial charge in [0.1, 0.15) is 5.75 Å². The maximum absolute atomic E-state index is 12.5. The van der Waals surface area contributed by atoms with E-state index in [1.165, 1.54) is 5.01 Å². The van der Waals surface area contributed by atoms with Crippen molar-refractivity contribution < 1.29 is 19.8 Å². The fourth-order valence-corrected chi connectivity index (χ4v) is 3.22. The predicted octanol–water partition coefficient (Wildman–Crippen LogP) is 3.67. The number of phenolic OH excluding ortho intramolecular Hbond substituents is 1. The lowest BCUT2D eigenvalue weighted by molar-refractivity contribution is -0.132. The summed E-state index contributed by atoms with van der Waals surface area (Å²) in [6, 6.07) is 11.7. The fraction of sp³-hybridized carbons (Fsp3) is 0.150. The lowest BCUT2D eigenvalue weighted by Gasteiger charge is -2.22. The summed E-state index contributed by atoms with van der Waals surface area (Å²) in [6.07, 6.45) is 2.05. The minimum Gasteiger partial charge on any atom is -0.508 e. The lowest BCUT2D eigenvalue weighted by atomic mass is 9.96. The molecular formula is C20H17ClN2O4. The van der Waals surface area contributed by atoms with Gasteiger partial charge in [-0.15, -0.1) is 0 Å². The van der Waals surface area contributed by atoms with Crippen molar-refractivity contribution in [3.63, 3.8) is 0 Å². The predicted molar refractivity (Wildman–Crippen MR) is 102 cm³/mol. The molecule has 1 aliphatic rings. The molecule has 2 N–H and O–H groups in total. The average Bonchev–Trinajstić information content (AvgIpc) is 3.07. The van der Waals surface area contributed by atoms with Crippen LogP contribution >= 0.6 is 11.6 Å². The molecular weight excluding hydrogens is 368 g/mol. The molecule has 2 aromatic carbocycles. The van der Waals surface area contributed by atoms with Crippen LogP contribution in [0.5, 0.6) is 5.75 Å². The number of carbonyl (C=O) groups is 2. The second-order valence-corrected chi connectivity index (χ2v) is 6.57. The smallest absolute Gasteiger partial charge is 0.328 e. The molecule has 0 aromatic heterocycles. The van der Waals surface area contributed by atoms with Gasteiger partial charge in [-0.05, 0) is 19.1 Å². The molecule has 0 spiro atoms. The van der Waals surface area contributed by atoms with E-state index >= 15 is 0 Å². The van der Waals surface area contributed by atoms with E-state index in [2.05, 4.69) is 5.10 Å². The number of carboxylic acids is 1. The van der Waals surface area contributed by atoms with Crippen molar-refractivity contribution in [1.82, 2.24) is 5.01 Å². The zero-order valence-corrected chi connectivity index (χ0v) is 15.2. The number of carbonyl (C=O) groups excluding carboxylic acids is 1. The molecule has 3 rings (SSSR count). The number of amides is 1. The van der Waals surface area contributed by atoms with E-state index < -0.39 is 17.9 Å². The zero-order chi connectivity index (χ0) is 19.6. The van der Waals surface area contributed by atoms with Gasteiger partial charge in [0.05, 0.1) is 11.8 Å². The summed E-state index contributed by atoms with van der Waals surface area (Å²) < 4.78 is 0. The highest BCUT2D eigenvalue weighted by atomic mass is 35.5. The van der Waals surface area contributed by atoms with Gasteiger partial charge in [-0.3, -0.25) is 4.79 Å². The van der Waals surface area contributed by atoms with Gasteiger partial charge < -0.3 is 10.2 Å². The minimum absolute atomic E-state index is 0.0428. The molecule has 138 valence electrons. The van der Waals surface area contributed by atoms with Gasteiger partial charge in [0, 0.05) is 34.7 Å². The van der Waals surface area contributed by atoms with E-state index in [1.807, 2.05) is 13.0 Å². The van der Waals surface area contributed by atoms with Crippen LogP contribution in [0.25, 0.3) is 0 Å². The van der Waals surface area contributed by atoms with Crippen LogP contribution in [-0.2, 0) is 9.59 Å². The number of carboxylic acid groups (broad SMARTS) is 1. The van der Waals surface area contributed by atoms with Crippen LogP contribution in [0, 0.1) is 6.92 Å². The molecule has 27 heavy (non-hydrogen) atoms. The third kappa shape index (κ3) is 4.01. The zero-order valence-electron chi connectivity index (χ0n) is 14.5. The van der Waals surface area contributed by atoms with Crippen LogP contribution in [0.2, 0.25) is 5.02 Å². The van der Waals surface area contributed by atoms with Crippen molar-refractivity contribution in [3.05, 3.63) is 76.3 Å². The fourth-order valence-electron chi connectivity index (χ4n) is 2.97. The van der Waals surface area contributed by atoms with Crippen molar-refractivity contribution in [2.45, 2.75) is 19.4 Å². The Balaban J connectivity index is 2.04. The van der Waals surface area contributed by atoms with Crippen LogP contribution in [0.15, 0.2) is 59.7 Å². The first-order valence-corrected chi connectivity index (χ1v) is 8.60. The number of hydrazone groups is 1. The molecule has 6 nitrogen and oxygen atoms in total. The van der Waals surface area contributed by atoms with E-state index in [1.54, 1.807) is 36.4 Å². The summed E-state index contributed by atoms with van der Waals surface area (Å²) in [5.74, 6) is -1.78. The Morgan fingerprint density at radius 3 is 2.67 bits per heavy atom. The number of hydrogen-bond acceptors (Lipinski definition) is 4. The second kappa shape index (κ2) is 7.63. The van der Waals surface area contributed by atoms with Crippen molar-refractivity contribution in [2.24, 2.45) is 5.10 Å². The molecule has 1 unspecified atom stereocenters. The average molecular weight is 385 g/mol. The quantitative estimate of drug-likeness (QED) is 0.787. The molecule has 0 saturated carbocycles. The molecule has 1 amide bonds. The molecule has 0 bridgehead atoms. The molecule has 1 aliphatic heterocycles. The Labute approximate surface area is 161 Å². The summed E-state index contributed by atoms with van der Waals surface area (Å²) in [5.41, 5.74) is 2.73. The van der Waals surface area contributed by atoms with Gasteiger partial charge in [-0.25, -0.2) is 9.80 Å². The Morgan fingerprint density at radius 2 is 1.96 bits per heavy atom. The third-order valence-corrected chi connectivity index (χ3v) is 4.56. The number of nitrogens with zero attached hydrogens (tertiary/aromatic N) is 2. The van der Waals surface area contributed by atoms with Gasteiger partial charge in [0.15, 0.2) is 0 Å². The molecule has 0 saturated heterocycles. The number of halogens is 1. The Kier molecular flexibility index (Phi) is 5.28. The lowest BCUT2D eigenvalue weighted by Crippen LogP contribution is -2.25. The van der Waals surface area contributed by atoms with Crippen molar-refractivity contribution in [1.29, 1.82) is 0 Å². The topological polar surface area (TPSA) is 90.2 Å². The van der Waals surface area contributed by atoms with E-state index in [-0.39, 0.29) is 5.75 Å². The first-order valence-electron chi connectivity index (χ1n) is 8.23. The monoisotopic (exact) mass is 384 g/mol. The summed E-state index contributed by atoms with van der Waals surface area (Å²) in [5, 5.41) is 25.2. The third-order valence-electron chi connectivity index (χ3n) is 4.23. The molecule has 1 atom stereocenters. The highest BCUT2D eigenvalue weighted by Gasteiger charge is 2.34. The second-order valence-electron chi connectivity index (χ2n) is 6.16. The number of benzene rings is 2.